The number of aromatic nitrogens is 1. The highest BCUT2D eigenvalue weighted by atomic mass is 79.9. The lowest BCUT2D eigenvalue weighted by molar-refractivity contribution is -0.394. The van der Waals surface area contributed by atoms with Crippen molar-refractivity contribution in [1.29, 1.82) is 0 Å². The smallest absolute Gasteiger partial charge is 0.338 e. The second kappa shape index (κ2) is 14.3. The first kappa shape index (κ1) is 34.8. The number of carbonyl (C=O) groups excluding carboxylic acids is 1. The summed E-state index contributed by atoms with van der Waals surface area (Å²) >= 11 is 4.52. The number of hydrogen-bond acceptors (Lipinski definition) is 13. The minimum atomic E-state index is -0.937. The lowest BCUT2D eigenvalue weighted by Crippen LogP contribution is -2.40. The van der Waals surface area contributed by atoms with Gasteiger partial charge < -0.3 is 23.7 Å². The zero-order chi connectivity index (χ0) is 35.6. The van der Waals surface area contributed by atoms with Crippen LogP contribution in [0.15, 0.2) is 74.1 Å². The van der Waals surface area contributed by atoms with E-state index in [0.29, 0.717) is 37.6 Å². The lowest BCUT2D eigenvalue weighted by Gasteiger charge is -2.26. The van der Waals surface area contributed by atoms with Crippen molar-refractivity contribution in [3.63, 3.8) is 0 Å². The van der Waals surface area contributed by atoms with Crippen LogP contribution in [0.25, 0.3) is 6.08 Å². The number of nitro groups is 2. The number of rotatable bonds is 11. The number of fused-ring (bicyclic) bond motifs is 1. The van der Waals surface area contributed by atoms with Crippen LogP contribution < -0.4 is 33.8 Å². The van der Waals surface area contributed by atoms with Crippen LogP contribution in [0.5, 0.6) is 28.7 Å². The van der Waals surface area contributed by atoms with Gasteiger partial charge in [0, 0.05) is 17.7 Å². The van der Waals surface area contributed by atoms with E-state index < -0.39 is 38.8 Å². The quantitative estimate of drug-likeness (QED) is 0.111. The Morgan fingerprint density at radius 1 is 1.00 bits per heavy atom. The topological polar surface area (TPSA) is 184 Å². The highest BCUT2D eigenvalue weighted by Crippen LogP contribution is 2.43. The van der Waals surface area contributed by atoms with Crippen molar-refractivity contribution < 1.29 is 38.3 Å². The Balaban J connectivity index is 1.64. The molecule has 0 fully saturated rings. The van der Waals surface area contributed by atoms with Crippen molar-refractivity contribution in [3.8, 4) is 28.7 Å². The number of thiazole rings is 1. The molecule has 3 aromatic carbocycles. The predicted octanol–water partition coefficient (Wildman–Crippen LogP) is 5.20. The molecule has 1 aromatic heterocycles. The average Bonchev–Trinajstić information content (AvgIpc) is 3.38. The fraction of sp³-hybridized carbons (Fsp3) is 0.219. The fourth-order valence-electron chi connectivity index (χ4n) is 5.16. The Labute approximate surface area is 289 Å². The normalized spacial score (nSPS) is 14.1. The third-order valence-corrected chi connectivity index (χ3v) is 8.94. The van der Waals surface area contributed by atoms with Crippen molar-refractivity contribution >= 4 is 50.7 Å². The van der Waals surface area contributed by atoms with Gasteiger partial charge in [-0.2, -0.15) is 0 Å². The summed E-state index contributed by atoms with van der Waals surface area (Å²) in [5.74, 6) is 0.215. The van der Waals surface area contributed by atoms with E-state index >= 15 is 0 Å². The van der Waals surface area contributed by atoms with Gasteiger partial charge in [-0.3, -0.25) is 29.6 Å². The summed E-state index contributed by atoms with van der Waals surface area (Å²) in [7, 11) is 4.34. The molecule has 17 heteroatoms. The van der Waals surface area contributed by atoms with Gasteiger partial charge in [-0.15, -0.1) is 0 Å². The van der Waals surface area contributed by atoms with Gasteiger partial charge in [0.25, 0.3) is 11.2 Å². The van der Waals surface area contributed by atoms with E-state index in [2.05, 4.69) is 20.9 Å². The van der Waals surface area contributed by atoms with Crippen molar-refractivity contribution in [1.82, 2.24) is 4.57 Å². The molecule has 0 amide bonds. The molecule has 0 spiro atoms. The molecule has 49 heavy (non-hydrogen) atoms. The molecule has 1 aliphatic rings. The summed E-state index contributed by atoms with van der Waals surface area (Å²) in [6.07, 6.45) is 1.60. The standard InChI is InChI=1S/C32H27BrN4O11S/c1-6-47-31(39)27-16(2)34-32-35(28(27)20-9-8-19(44-3)15-24(20)45-4)30(38)26(49-32)13-17-11-21(33)29(25(12-17)46-5)48-23-10-7-18(36(40)41)14-22(23)37(42)43/h7-15,28H,6H2,1-5H3/b26-13-/t28-/m0/s1. The van der Waals surface area contributed by atoms with Crippen LogP contribution in [-0.2, 0) is 9.53 Å². The van der Waals surface area contributed by atoms with Crippen molar-refractivity contribution in [3.05, 3.63) is 115 Å². The Morgan fingerprint density at radius 3 is 2.37 bits per heavy atom. The SMILES string of the molecule is CCOC(=O)C1=C(C)N=c2s/c(=C\c3cc(Br)c(Oc4ccc([N+](=O)[O-])cc4[N+](=O)[O-])c(OC)c3)c(=O)n2[C@H]1c1ccc(OC)cc1OC. The van der Waals surface area contributed by atoms with Gasteiger partial charge in [0.15, 0.2) is 16.3 Å². The van der Waals surface area contributed by atoms with Crippen LogP contribution in [-0.4, -0.2) is 48.3 Å². The number of ether oxygens (including phenoxy) is 5. The molecule has 0 saturated carbocycles. The maximum Gasteiger partial charge on any atom is 0.338 e. The van der Waals surface area contributed by atoms with Gasteiger partial charge in [-0.25, -0.2) is 9.79 Å². The van der Waals surface area contributed by atoms with Gasteiger partial charge in [0.2, 0.25) is 5.75 Å². The van der Waals surface area contributed by atoms with Crippen LogP contribution in [0, 0.1) is 20.2 Å². The molecule has 1 aliphatic heterocycles. The molecule has 15 nitrogen and oxygen atoms in total. The number of carbonyl (C=O) groups is 1. The van der Waals surface area contributed by atoms with E-state index in [1.54, 1.807) is 50.3 Å². The molecular formula is C32H27BrN4O11S. The Bertz CT molecular complexity index is 2230. The van der Waals surface area contributed by atoms with E-state index in [1.165, 1.54) is 25.9 Å². The first-order valence-electron chi connectivity index (χ1n) is 14.3. The Kier molecular flexibility index (Phi) is 10.1. The Hall–Kier alpha value is -5.55. The van der Waals surface area contributed by atoms with Crippen LogP contribution in [0.3, 0.4) is 0 Å². The highest BCUT2D eigenvalue weighted by Gasteiger charge is 2.35. The van der Waals surface area contributed by atoms with Gasteiger partial charge in [-0.1, -0.05) is 11.3 Å². The number of hydrogen-bond donors (Lipinski definition) is 0. The molecule has 254 valence electrons. The largest absolute Gasteiger partial charge is 0.497 e. The van der Waals surface area contributed by atoms with E-state index in [-0.39, 0.29) is 34.0 Å². The zero-order valence-corrected chi connectivity index (χ0v) is 28.9. The van der Waals surface area contributed by atoms with Crippen LogP contribution in [0.1, 0.15) is 31.0 Å². The number of esters is 1. The molecular weight excluding hydrogens is 728 g/mol. The van der Waals surface area contributed by atoms with Gasteiger partial charge >= 0.3 is 11.7 Å². The zero-order valence-electron chi connectivity index (χ0n) is 26.5. The summed E-state index contributed by atoms with van der Waals surface area (Å²) in [6.45, 7) is 3.46. The number of halogens is 1. The molecule has 1 atom stereocenters. The third kappa shape index (κ3) is 6.75. The molecule has 2 heterocycles. The summed E-state index contributed by atoms with van der Waals surface area (Å²) in [6, 6.07) is 10.3. The summed E-state index contributed by atoms with van der Waals surface area (Å²) in [5.41, 5.74) is 0.0146. The Morgan fingerprint density at radius 2 is 1.73 bits per heavy atom. The van der Waals surface area contributed by atoms with Crippen LogP contribution >= 0.6 is 27.3 Å². The number of non-ortho nitro benzene ring substituents is 1. The number of nitrogens with zero attached hydrogens (tertiary/aromatic N) is 4. The molecule has 0 saturated heterocycles. The first-order chi connectivity index (χ1) is 23.4. The van der Waals surface area contributed by atoms with Gasteiger partial charge in [0.1, 0.15) is 17.5 Å². The fourth-order valence-corrected chi connectivity index (χ4v) is 6.75. The molecule has 0 unspecified atom stereocenters. The maximum atomic E-state index is 14.1. The minimum absolute atomic E-state index is 0.0550. The number of allylic oxidation sites excluding steroid dienone is 1. The van der Waals surface area contributed by atoms with Crippen molar-refractivity contribution in [2.24, 2.45) is 4.99 Å². The molecule has 0 bridgehead atoms. The molecule has 4 aromatic rings. The van der Waals surface area contributed by atoms with Crippen molar-refractivity contribution in [2.75, 3.05) is 27.9 Å². The monoisotopic (exact) mass is 754 g/mol. The summed E-state index contributed by atoms with van der Waals surface area (Å²) in [4.78, 5) is 53.6. The maximum absolute atomic E-state index is 14.1. The lowest BCUT2D eigenvalue weighted by atomic mass is 9.95. The number of nitro benzene ring substituents is 2. The van der Waals surface area contributed by atoms with Crippen LogP contribution in [0.4, 0.5) is 11.4 Å². The molecule has 0 aliphatic carbocycles. The third-order valence-electron chi connectivity index (χ3n) is 7.36. The summed E-state index contributed by atoms with van der Waals surface area (Å²) < 4.78 is 29.7. The highest BCUT2D eigenvalue weighted by molar-refractivity contribution is 9.10. The van der Waals surface area contributed by atoms with E-state index in [1.807, 2.05) is 0 Å². The minimum Gasteiger partial charge on any atom is -0.497 e. The molecule has 0 N–H and O–H groups in total. The van der Waals surface area contributed by atoms with Gasteiger partial charge in [0.05, 0.1) is 64.1 Å². The van der Waals surface area contributed by atoms with E-state index in [9.17, 15) is 29.8 Å². The second-order valence-corrected chi connectivity index (χ2v) is 12.1. The average molecular weight is 756 g/mol. The van der Waals surface area contributed by atoms with E-state index in [4.69, 9.17) is 23.7 Å². The predicted molar refractivity (Wildman–Crippen MR) is 180 cm³/mol. The molecule has 0 radical (unpaired) electrons. The first-order valence-corrected chi connectivity index (χ1v) is 15.9. The van der Waals surface area contributed by atoms with E-state index in [0.717, 1.165) is 29.5 Å². The van der Waals surface area contributed by atoms with Crippen molar-refractivity contribution in [2.45, 2.75) is 19.9 Å². The van der Waals surface area contributed by atoms with Gasteiger partial charge in [-0.05, 0) is 71.7 Å². The number of benzene rings is 3. The summed E-state index contributed by atoms with van der Waals surface area (Å²) in [5, 5.41) is 22.8. The second-order valence-electron chi connectivity index (χ2n) is 10.2. The molecule has 5 rings (SSSR count). The number of methoxy groups -OCH3 is 3. The van der Waals surface area contributed by atoms with Crippen LogP contribution in [0.2, 0.25) is 0 Å².